The van der Waals surface area contributed by atoms with Crippen molar-refractivity contribution in [2.45, 2.75) is 26.2 Å². The highest BCUT2D eigenvalue weighted by atomic mass is 16.5. The average molecular weight is 126 g/mol. The van der Waals surface area contributed by atoms with Crippen LogP contribution in [0.25, 0.3) is 0 Å². The topological polar surface area (TPSA) is 38.9 Å². The Hall–Kier alpha value is -0.860. The first-order valence-electron chi connectivity index (χ1n) is 3.11. The van der Waals surface area contributed by atoms with Gasteiger partial charge in [-0.3, -0.25) is 0 Å². The maximum absolute atomic E-state index is 4.83. The Morgan fingerprint density at radius 1 is 1.78 bits per heavy atom. The third kappa shape index (κ3) is 1.28. The highest BCUT2D eigenvalue weighted by molar-refractivity contribution is 4.93. The molecule has 0 bridgehead atoms. The summed E-state index contributed by atoms with van der Waals surface area (Å²) in [5.74, 6) is 1.32. The van der Waals surface area contributed by atoms with Crippen LogP contribution in [-0.4, -0.2) is 10.4 Å². The second kappa shape index (κ2) is 2.62. The van der Waals surface area contributed by atoms with Crippen molar-refractivity contribution in [2.75, 3.05) is 0 Å². The largest absolute Gasteiger partial charge is 0.342 e. The van der Waals surface area contributed by atoms with Crippen LogP contribution in [0.15, 0.2) is 10.7 Å². The fraction of sp³-hybridized carbons (Fsp3) is 0.667. The summed E-state index contributed by atoms with van der Waals surface area (Å²) in [7, 11) is 0. The lowest BCUT2D eigenvalue weighted by Gasteiger charge is -1.98. The molecule has 0 spiro atoms. The minimum atomic E-state index is 0.444. The first kappa shape index (κ1) is 6.26. The number of hydrogen-bond acceptors (Lipinski definition) is 3. The van der Waals surface area contributed by atoms with Gasteiger partial charge >= 0.3 is 0 Å². The van der Waals surface area contributed by atoms with E-state index >= 15 is 0 Å². The van der Waals surface area contributed by atoms with Crippen molar-refractivity contribution >= 4 is 0 Å². The van der Waals surface area contributed by atoms with Gasteiger partial charge in [0.2, 0.25) is 0 Å². The third-order valence-electron chi connectivity index (χ3n) is 1.48. The van der Waals surface area contributed by atoms with Crippen molar-refractivity contribution in [3.05, 3.63) is 12.0 Å². The van der Waals surface area contributed by atoms with E-state index in [-0.39, 0.29) is 0 Å². The van der Waals surface area contributed by atoms with Gasteiger partial charge in [0.05, 0.1) is 6.20 Å². The van der Waals surface area contributed by atoms with Crippen LogP contribution in [-0.2, 0) is 0 Å². The fourth-order valence-electron chi connectivity index (χ4n) is 0.593. The number of nitrogens with zero attached hydrogens (tertiary/aromatic N) is 2. The smallest absolute Gasteiger partial charge is 0.159 e. The molecule has 9 heavy (non-hydrogen) atoms. The van der Waals surface area contributed by atoms with E-state index in [0.29, 0.717) is 5.92 Å². The van der Waals surface area contributed by atoms with Crippen LogP contribution in [0.5, 0.6) is 0 Å². The van der Waals surface area contributed by atoms with Crippen molar-refractivity contribution in [3.8, 4) is 0 Å². The van der Waals surface area contributed by atoms with Crippen molar-refractivity contribution in [2.24, 2.45) is 0 Å². The van der Waals surface area contributed by atoms with E-state index in [2.05, 4.69) is 24.2 Å². The van der Waals surface area contributed by atoms with E-state index in [1.54, 1.807) is 6.20 Å². The van der Waals surface area contributed by atoms with Crippen LogP contribution >= 0.6 is 0 Å². The van der Waals surface area contributed by atoms with Crippen LogP contribution in [0.1, 0.15) is 31.9 Å². The summed E-state index contributed by atoms with van der Waals surface area (Å²) < 4.78 is 4.83. The zero-order valence-electron chi connectivity index (χ0n) is 5.66. The van der Waals surface area contributed by atoms with E-state index in [1.165, 1.54) is 0 Å². The molecule has 0 N–H and O–H groups in total. The van der Waals surface area contributed by atoms with Crippen LogP contribution in [0, 0.1) is 0 Å². The molecule has 1 aromatic heterocycles. The van der Waals surface area contributed by atoms with Crippen LogP contribution in [0.2, 0.25) is 0 Å². The Morgan fingerprint density at radius 3 is 3.00 bits per heavy atom. The number of rotatable bonds is 2. The zero-order valence-corrected chi connectivity index (χ0v) is 5.66. The summed E-state index contributed by atoms with van der Waals surface area (Å²) in [6, 6.07) is 0. The van der Waals surface area contributed by atoms with E-state index in [9.17, 15) is 0 Å². The van der Waals surface area contributed by atoms with Gasteiger partial charge in [0.1, 0.15) is 0 Å². The molecule has 0 aliphatic heterocycles. The summed E-state index contributed by atoms with van der Waals surface area (Å²) in [4.78, 5) is 0. The molecule has 1 atom stereocenters. The maximum atomic E-state index is 4.83. The lowest BCUT2D eigenvalue weighted by atomic mass is 10.1. The van der Waals surface area contributed by atoms with Crippen molar-refractivity contribution in [1.29, 1.82) is 0 Å². The monoisotopic (exact) mass is 126 g/mol. The van der Waals surface area contributed by atoms with Gasteiger partial charge in [0.25, 0.3) is 0 Å². The minimum Gasteiger partial charge on any atom is -0.342 e. The standard InChI is InChI=1S/C6H10N2O/c1-3-5(2)6-4-7-8-9-6/h4-5H,3H2,1-2H3. The van der Waals surface area contributed by atoms with Crippen LogP contribution < -0.4 is 0 Å². The molecule has 50 valence electrons. The highest BCUT2D eigenvalue weighted by Gasteiger charge is 2.05. The van der Waals surface area contributed by atoms with Crippen LogP contribution in [0.4, 0.5) is 0 Å². The summed E-state index contributed by atoms with van der Waals surface area (Å²) in [6.45, 7) is 4.19. The molecule has 3 heteroatoms. The van der Waals surface area contributed by atoms with Crippen molar-refractivity contribution < 1.29 is 4.52 Å². The summed E-state index contributed by atoms with van der Waals surface area (Å²) in [5, 5.41) is 6.94. The molecule has 1 unspecified atom stereocenters. The number of aromatic nitrogens is 2. The molecule has 0 saturated heterocycles. The predicted octanol–water partition coefficient (Wildman–Crippen LogP) is 1.58. The van der Waals surface area contributed by atoms with Gasteiger partial charge in [-0.15, -0.1) is 5.10 Å². The SMILES string of the molecule is CCC(C)c1cnno1. The first-order valence-corrected chi connectivity index (χ1v) is 3.11. The van der Waals surface area contributed by atoms with Crippen LogP contribution in [0.3, 0.4) is 0 Å². The second-order valence-corrected chi connectivity index (χ2v) is 2.13. The lowest BCUT2D eigenvalue weighted by molar-refractivity contribution is 0.345. The van der Waals surface area contributed by atoms with E-state index in [0.717, 1.165) is 12.2 Å². The quantitative estimate of drug-likeness (QED) is 0.604. The molecule has 0 amide bonds. The van der Waals surface area contributed by atoms with E-state index in [4.69, 9.17) is 4.52 Å². The fourth-order valence-corrected chi connectivity index (χ4v) is 0.593. The molecule has 0 saturated carbocycles. The molecule has 1 heterocycles. The van der Waals surface area contributed by atoms with Gasteiger partial charge in [-0.25, -0.2) is 0 Å². The Bertz CT molecular complexity index is 160. The zero-order chi connectivity index (χ0) is 6.69. The maximum Gasteiger partial charge on any atom is 0.159 e. The van der Waals surface area contributed by atoms with Gasteiger partial charge in [0.15, 0.2) is 5.76 Å². The molecule has 0 aliphatic carbocycles. The predicted molar refractivity (Wildman–Crippen MR) is 33.0 cm³/mol. The van der Waals surface area contributed by atoms with Gasteiger partial charge in [-0.05, 0) is 6.42 Å². The summed E-state index contributed by atoms with van der Waals surface area (Å²) in [5.41, 5.74) is 0. The van der Waals surface area contributed by atoms with E-state index < -0.39 is 0 Å². The molecule has 0 radical (unpaired) electrons. The minimum absolute atomic E-state index is 0.444. The van der Waals surface area contributed by atoms with Gasteiger partial charge in [-0.1, -0.05) is 13.8 Å². The molecular weight excluding hydrogens is 116 g/mol. The molecule has 0 fully saturated rings. The highest BCUT2D eigenvalue weighted by Crippen LogP contribution is 2.15. The van der Waals surface area contributed by atoms with Crippen molar-refractivity contribution in [3.63, 3.8) is 0 Å². The first-order chi connectivity index (χ1) is 4.34. The molecular formula is C6H10N2O. The average Bonchev–Trinajstić information content (AvgIpc) is 2.37. The van der Waals surface area contributed by atoms with Crippen molar-refractivity contribution in [1.82, 2.24) is 10.4 Å². The molecule has 1 aromatic rings. The Kier molecular flexibility index (Phi) is 1.82. The van der Waals surface area contributed by atoms with Gasteiger partial charge in [0, 0.05) is 11.2 Å². The Morgan fingerprint density at radius 2 is 2.56 bits per heavy atom. The molecule has 3 nitrogen and oxygen atoms in total. The number of hydrogen-bond donors (Lipinski definition) is 0. The second-order valence-electron chi connectivity index (χ2n) is 2.13. The van der Waals surface area contributed by atoms with E-state index in [1.807, 2.05) is 0 Å². The summed E-state index contributed by atoms with van der Waals surface area (Å²) in [6.07, 6.45) is 2.73. The Labute approximate surface area is 54.0 Å². The molecule has 0 aliphatic rings. The normalized spacial score (nSPS) is 13.6. The molecule has 1 rings (SSSR count). The van der Waals surface area contributed by atoms with Gasteiger partial charge in [-0.2, -0.15) is 0 Å². The summed E-state index contributed by atoms with van der Waals surface area (Å²) >= 11 is 0. The molecule has 0 aromatic carbocycles. The third-order valence-corrected chi connectivity index (χ3v) is 1.48. The Balaban J connectivity index is 2.65. The van der Waals surface area contributed by atoms with Gasteiger partial charge < -0.3 is 4.52 Å². The lowest BCUT2D eigenvalue weighted by Crippen LogP contribution is -1.86.